The van der Waals surface area contributed by atoms with Gasteiger partial charge in [0.15, 0.2) is 20.0 Å². The molecule has 3 atom stereocenters. The van der Waals surface area contributed by atoms with Gasteiger partial charge in [-0.1, -0.05) is 20.8 Å². The Bertz CT molecular complexity index is 597. The second-order valence-corrected chi connectivity index (χ2v) is 13.1. The second-order valence-electron chi connectivity index (χ2n) is 8.25. The summed E-state index contributed by atoms with van der Waals surface area (Å²) in [5.74, 6) is -0.670. The Balaban J connectivity index is 2.06. The highest BCUT2D eigenvalue weighted by atomic mass is 28.4. The van der Waals surface area contributed by atoms with Crippen molar-refractivity contribution in [3.8, 4) is 0 Å². The number of aliphatic hydroxyl groups is 1. The van der Waals surface area contributed by atoms with Gasteiger partial charge in [0.2, 0.25) is 0 Å². The molecule has 1 aliphatic heterocycles. The van der Waals surface area contributed by atoms with Crippen LogP contribution in [-0.2, 0) is 25.3 Å². The molecule has 0 saturated carbocycles. The van der Waals surface area contributed by atoms with E-state index in [1.165, 1.54) is 6.92 Å². The SMILES string of the molecule is CC(C)(C)[Si](C)(C)OC[C@H]1OC(=O)[C@@](C)(O)[C@@H]1OCc1ccncc1. The highest BCUT2D eigenvalue weighted by Gasteiger charge is 2.55. The van der Waals surface area contributed by atoms with Gasteiger partial charge >= 0.3 is 5.97 Å². The van der Waals surface area contributed by atoms with E-state index in [0.29, 0.717) is 0 Å². The molecule has 6 nitrogen and oxygen atoms in total. The van der Waals surface area contributed by atoms with Crippen LogP contribution in [0.1, 0.15) is 33.3 Å². The number of rotatable bonds is 6. The molecule has 1 aromatic rings. The van der Waals surface area contributed by atoms with E-state index >= 15 is 0 Å². The third-order valence-electron chi connectivity index (χ3n) is 5.16. The maximum atomic E-state index is 12.0. The van der Waals surface area contributed by atoms with Gasteiger partial charge in [0, 0.05) is 12.4 Å². The first-order valence-electron chi connectivity index (χ1n) is 8.53. The molecular formula is C18H29NO5Si. The summed E-state index contributed by atoms with van der Waals surface area (Å²) in [4.78, 5) is 16.0. The Morgan fingerprint density at radius 1 is 1.32 bits per heavy atom. The lowest BCUT2D eigenvalue weighted by Crippen LogP contribution is -2.48. The molecule has 7 heteroatoms. The van der Waals surface area contributed by atoms with E-state index in [1.807, 2.05) is 12.1 Å². The molecule has 1 aliphatic rings. The topological polar surface area (TPSA) is 77.9 Å². The minimum absolute atomic E-state index is 0.0471. The van der Waals surface area contributed by atoms with Gasteiger partial charge in [0.05, 0.1) is 13.2 Å². The number of hydrogen-bond donors (Lipinski definition) is 1. The van der Waals surface area contributed by atoms with Gasteiger partial charge in [-0.25, -0.2) is 4.79 Å². The Morgan fingerprint density at radius 3 is 2.48 bits per heavy atom. The maximum absolute atomic E-state index is 12.0. The third kappa shape index (κ3) is 4.47. The summed E-state index contributed by atoms with van der Waals surface area (Å²) in [6.07, 6.45) is 1.94. The molecule has 0 radical (unpaired) electrons. The minimum atomic E-state index is -1.99. The zero-order valence-electron chi connectivity index (χ0n) is 15.9. The van der Waals surface area contributed by atoms with E-state index in [-0.39, 0.29) is 18.3 Å². The van der Waals surface area contributed by atoms with Crippen LogP contribution >= 0.6 is 0 Å². The Morgan fingerprint density at radius 2 is 1.92 bits per heavy atom. The molecule has 2 heterocycles. The van der Waals surface area contributed by atoms with Crippen LogP contribution in [0.4, 0.5) is 0 Å². The highest BCUT2D eigenvalue weighted by molar-refractivity contribution is 6.74. The van der Waals surface area contributed by atoms with Gasteiger partial charge in [0.25, 0.3) is 0 Å². The normalized spacial score (nSPS) is 27.4. The number of carbonyl (C=O) groups excluding carboxylic acids is 1. The van der Waals surface area contributed by atoms with Gasteiger partial charge < -0.3 is 19.0 Å². The van der Waals surface area contributed by atoms with Crippen LogP contribution in [0.2, 0.25) is 18.1 Å². The molecule has 1 saturated heterocycles. The monoisotopic (exact) mass is 367 g/mol. The Labute approximate surface area is 150 Å². The van der Waals surface area contributed by atoms with Crippen molar-refractivity contribution < 1.29 is 23.8 Å². The maximum Gasteiger partial charge on any atom is 0.341 e. The summed E-state index contributed by atoms with van der Waals surface area (Å²) >= 11 is 0. The quantitative estimate of drug-likeness (QED) is 0.615. The van der Waals surface area contributed by atoms with E-state index in [9.17, 15) is 9.90 Å². The van der Waals surface area contributed by atoms with Crippen molar-refractivity contribution in [2.75, 3.05) is 6.61 Å². The van der Waals surface area contributed by atoms with Crippen molar-refractivity contribution >= 4 is 14.3 Å². The number of hydrogen-bond acceptors (Lipinski definition) is 6. The average molecular weight is 368 g/mol. The molecule has 25 heavy (non-hydrogen) atoms. The zero-order valence-corrected chi connectivity index (χ0v) is 16.9. The summed E-state index contributed by atoms with van der Waals surface area (Å²) in [5.41, 5.74) is -0.775. The summed E-state index contributed by atoms with van der Waals surface area (Å²) < 4.78 is 17.4. The fourth-order valence-corrected chi connectivity index (χ4v) is 3.37. The van der Waals surface area contributed by atoms with Crippen LogP contribution < -0.4 is 0 Å². The third-order valence-corrected chi connectivity index (χ3v) is 9.66. The molecule has 2 rings (SSSR count). The predicted octanol–water partition coefficient (Wildman–Crippen LogP) is 2.67. The van der Waals surface area contributed by atoms with Crippen LogP contribution in [0.5, 0.6) is 0 Å². The molecule has 1 N–H and O–H groups in total. The highest BCUT2D eigenvalue weighted by Crippen LogP contribution is 2.38. The molecule has 0 bridgehead atoms. The molecule has 0 aromatic carbocycles. The van der Waals surface area contributed by atoms with Crippen molar-refractivity contribution in [2.24, 2.45) is 0 Å². The lowest BCUT2D eigenvalue weighted by atomic mass is 9.98. The van der Waals surface area contributed by atoms with Crippen molar-refractivity contribution in [1.82, 2.24) is 4.98 Å². The first-order valence-corrected chi connectivity index (χ1v) is 11.4. The van der Waals surface area contributed by atoms with E-state index in [4.69, 9.17) is 13.9 Å². The van der Waals surface area contributed by atoms with Crippen LogP contribution in [0.15, 0.2) is 24.5 Å². The number of carbonyl (C=O) groups is 1. The van der Waals surface area contributed by atoms with Crippen LogP contribution in [0, 0.1) is 0 Å². The first kappa shape index (κ1) is 20.0. The van der Waals surface area contributed by atoms with Gasteiger partial charge in [-0.15, -0.1) is 0 Å². The molecular weight excluding hydrogens is 338 g/mol. The number of esters is 1. The fraction of sp³-hybridized carbons (Fsp3) is 0.667. The molecule has 0 spiro atoms. The molecule has 0 amide bonds. The standard InChI is InChI=1S/C18H29NO5Si/c1-17(2,3)25(5,6)23-12-14-15(18(4,21)16(20)24-14)22-11-13-7-9-19-10-8-13/h7-10,14-15,21H,11-12H2,1-6H3/t14-,15-,18+/m1/s1. The molecule has 1 aromatic heterocycles. The number of aromatic nitrogens is 1. The fourth-order valence-electron chi connectivity index (χ4n) is 2.36. The van der Waals surface area contributed by atoms with Crippen LogP contribution in [0.3, 0.4) is 0 Å². The molecule has 140 valence electrons. The molecule has 0 unspecified atom stereocenters. The smallest absolute Gasteiger partial charge is 0.341 e. The van der Waals surface area contributed by atoms with Crippen molar-refractivity contribution in [3.05, 3.63) is 30.1 Å². The van der Waals surface area contributed by atoms with E-state index in [0.717, 1.165) is 5.56 Å². The van der Waals surface area contributed by atoms with E-state index < -0.39 is 32.1 Å². The van der Waals surface area contributed by atoms with Gasteiger partial charge in [-0.05, 0) is 42.8 Å². The lowest BCUT2D eigenvalue weighted by Gasteiger charge is -2.37. The summed E-state index contributed by atoms with van der Waals surface area (Å²) in [5, 5.41) is 10.6. The summed E-state index contributed by atoms with van der Waals surface area (Å²) in [6.45, 7) is 12.6. The second kappa shape index (κ2) is 7.15. The van der Waals surface area contributed by atoms with Crippen molar-refractivity contribution in [3.63, 3.8) is 0 Å². The van der Waals surface area contributed by atoms with Gasteiger partial charge in [-0.3, -0.25) is 4.98 Å². The minimum Gasteiger partial charge on any atom is -0.455 e. The number of cyclic esters (lactones) is 1. The van der Waals surface area contributed by atoms with Crippen molar-refractivity contribution in [1.29, 1.82) is 0 Å². The van der Waals surface area contributed by atoms with Gasteiger partial charge in [-0.2, -0.15) is 0 Å². The van der Waals surface area contributed by atoms with Crippen molar-refractivity contribution in [2.45, 2.75) is 70.2 Å². The predicted molar refractivity (Wildman–Crippen MR) is 96.5 cm³/mol. The summed E-state index contributed by atoms with van der Waals surface area (Å²) in [6, 6.07) is 3.65. The first-order chi connectivity index (χ1) is 11.4. The Hall–Kier alpha value is -1.28. The molecule has 0 aliphatic carbocycles. The zero-order chi connectivity index (χ0) is 18.9. The number of ether oxygens (including phenoxy) is 2. The number of nitrogens with zero attached hydrogens (tertiary/aromatic N) is 1. The average Bonchev–Trinajstić information content (AvgIpc) is 2.73. The summed E-state index contributed by atoms with van der Waals surface area (Å²) in [7, 11) is -1.99. The molecule has 1 fully saturated rings. The van der Waals surface area contributed by atoms with Crippen LogP contribution in [-0.4, -0.2) is 48.8 Å². The van der Waals surface area contributed by atoms with E-state index in [2.05, 4.69) is 38.8 Å². The Kier molecular flexibility index (Phi) is 5.73. The largest absolute Gasteiger partial charge is 0.455 e. The van der Waals surface area contributed by atoms with Gasteiger partial charge in [0.1, 0.15) is 6.10 Å². The lowest BCUT2D eigenvalue weighted by molar-refractivity contribution is -0.156. The number of pyridine rings is 1. The van der Waals surface area contributed by atoms with E-state index in [1.54, 1.807) is 12.4 Å². The van der Waals surface area contributed by atoms with Crippen LogP contribution in [0.25, 0.3) is 0 Å².